The molecule has 7 nitrogen and oxygen atoms in total. The molecule has 3 heterocycles. The van der Waals surface area contributed by atoms with E-state index in [0.29, 0.717) is 31.1 Å². The summed E-state index contributed by atoms with van der Waals surface area (Å²) < 4.78 is 11.5. The molecule has 1 atom stereocenters. The van der Waals surface area contributed by atoms with Gasteiger partial charge in [-0.05, 0) is 24.6 Å². The lowest BCUT2D eigenvalue weighted by Gasteiger charge is -2.39. The van der Waals surface area contributed by atoms with Crippen molar-refractivity contribution in [3.05, 3.63) is 23.2 Å². The molecule has 2 amide bonds. The largest absolute Gasteiger partial charge is 0.374 e. The van der Waals surface area contributed by atoms with Gasteiger partial charge in [-0.25, -0.2) is 0 Å². The number of amides is 2. The van der Waals surface area contributed by atoms with Crippen LogP contribution in [0.25, 0.3) is 0 Å². The second-order valence-electron chi connectivity index (χ2n) is 6.91. The highest BCUT2D eigenvalue weighted by Crippen LogP contribution is 2.36. The fraction of sp³-hybridized carbons (Fsp3) is 0.556. The van der Waals surface area contributed by atoms with Crippen molar-refractivity contribution < 1.29 is 19.1 Å². The minimum absolute atomic E-state index is 0.223. The number of carbonyl (C=O) groups excluding carboxylic acids is 2. The van der Waals surface area contributed by atoms with Gasteiger partial charge in [0.15, 0.2) is 5.79 Å². The molecule has 1 aromatic carbocycles. The molecule has 0 aromatic heterocycles. The van der Waals surface area contributed by atoms with Gasteiger partial charge < -0.3 is 19.7 Å². The zero-order valence-electron chi connectivity index (χ0n) is 14.4. The Morgan fingerprint density at radius 1 is 1.19 bits per heavy atom. The molecule has 26 heavy (non-hydrogen) atoms. The Morgan fingerprint density at radius 2 is 1.92 bits per heavy atom. The number of ether oxygens (including phenoxy) is 2. The normalized spacial score (nSPS) is 25.4. The molecule has 1 unspecified atom stereocenters. The quantitative estimate of drug-likeness (QED) is 0.781. The minimum atomic E-state index is -0.416. The number of hydrogen-bond acceptors (Lipinski definition) is 6. The third-order valence-corrected chi connectivity index (χ3v) is 5.51. The summed E-state index contributed by atoms with van der Waals surface area (Å²) in [7, 11) is 0. The molecule has 0 bridgehead atoms. The molecular formula is C18H22ClN3O4. The van der Waals surface area contributed by atoms with E-state index in [2.05, 4.69) is 15.5 Å². The zero-order chi connectivity index (χ0) is 18.1. The van der Waals surface area contributed by atoms with Gasteiger partial charge in [0.1, 0.15) is 6.04 Å². The molecule has 3 fully saturated rings. The predicted molar refractivity (Wildman–Crippen MR) is 97.3 cm³/mol. The van der Waals surface area contributed by atoms with Crippen molar-refractivity contribution in [2.75, 3.05) is 36.5 Å². The van der Waals surface area contributed by atoms with Gasteiger partial charge in [-0.15, -0.1) is 0 Å². The van der Waals surface area contributed by atoms with Gasteiger partial charge in [0.2, 0.25) is 11.8 Å². The van der Waals surface area contributed by atoms with Crippen LogP contribution in [0.15, 0.2) is 18.2 Å². The number of anilines is 2. The lowest BCUT2D eigenvalue weighted by atomic mass is 10.0. The summed E-state index contributed by atoms with van der Waals surface area (Å²) in [5.74, 6) is -0.921. The molecule has 0 aliphatic carbocycles. The van der Waals surface area contributed by atoms with E-state index in [9.17, 15) is 9.59 Å². The molecule has 0 radical (unpaired) electrons. The summed E-state index contributed by atoms with van der Waals surface area (Å²) in [6.45, 7) is 2.97. The molecule has 3 aliphatic heterocycles. The molecule has 4 rings (SSSR count). The molecule has 1 spiro atoms. The zero-order valence-corrected chi connectivity index (χ0v) is 15.2. The number of carbonyl (C=O) groups is 2. The van der Waals surface area contributed by atoms with E-state index in [1.54, 1.807) is 0 Å². The fourth-order valence-electron chi connectivity index (χ4n) is 3.76. The van der Waals surface area contributed by atoms with E-state index in [1.165, 1.54) is 0 Å². The summed E-state index contributed by atoms with van der Waals surface area (Å²) in [5, 5.41) is 6.13. The molecule has 8 heteroatoms. The van der Waals surface area contributed by atoms with E-state index in [1.807, 2.05) is 18.2 Å². The SMILES string of the molecule is O=C1CCC(Nc2ccc(N3CCC4(CC3)OCCO4)c(Cl)c2)C(=O)N1. The maximum absolute atomic E-state index is 11.9. The average molecular weight is 380 g/mol. The van der Waals surface area contributed by atoms with Crippen molar-refractivity contribution in [2.45, 2.75) is 37.5 Å². The number of nitrogens with zero attached hydrogens (tertiary/aromatic N) is 1. The smallest absolute Gasteiger partial charge is 0.249 e. The first-order chi connectivity index (χ1) is 12.5. The Hall–Kier alpha value is -1.83. The number of imide groups is 1. The number of halogens is 1. The van der Waals surface area contributed by atoms with Crippen LogP contribution in [0.1, 0.15) is 25.7 Å². The van der Waals surface area contributed by atoms with Gasteiger partial charge in [-0.1, -0.05) is 11.6 Å². The monoisotopic (exact) mass is 379 g/mol. The van der Waals surface area contributed by atoms with Gasteiger partial charge in [0.25, 0.3) is 0 Å². The molecule has 3 aliphatic rings. The maximum atomic E-state index is 11.9. The number of nitrogens with one attached hydrogen (secondary N) is 2. The van der Waals surface area contributed by atoms with Crippen LogP contribution in [0.2, 0.25) is 5.02 Å². The van der Waals surface area contributed by atoms with Crippen LogP contribution >= 0.6 is 11.6 Å². The van der Waals surface area contributed by atoms with E-state index in [0.717, 1.165) is 37.3 Å². The standard InChI is InChI=1S/C18H22ClN3O4/c19-13-11-12(20-14-2-4-16(23)21-17(14)24)1-3-15(13)22-7-5-18(6-8-22)25-9-10-26-18/h1,3,11,14,20H,2,4-10H2,(H,21,23,24). The topological polar surface area (TPSA) is 79.9 Å². The molecule has 0 saturated carbocycles. The van der Waals surface area contributed by atoms with Crippen molar-refractivity contribution in [3.63, 3.8) is 0 Å². The van der Waals surface area contributed by atoms with Crippen molar-refractivity contribution in [1.82, 2.24) is 5.32 Å². The van der Waals surface area contributed by atoms with Crippen LogP contribution in [-0.2, 0) is 19.1 Å². The highest BCUT2D eigenvalue weighted by atomic mass is 35.5. The third kappa shape index (κ3) is 3.51. The number of hydrogen-bond donors (Lipinski definition) is 2. The van der Waals surface area contributed by atoms with Crippen molar-refractivity contribution in [3.8, 4) is 0 Å². The number of benzene rings is 1. The fourth-order valence-corrected chi connectivity index (χ4v) is 4.06. The second-order valence-corrected chi connectivity index (χ2v) is 7.32. The summed E-state index contributed by atoms with van der Waals surface area (Å²) in [6.07, 6.45) is 2.46. The third-order valence-electron chi connectivity index (χ3n) is 5.21. The molecular weight excluding hydrogens is 358 g/mol. The first kappa shape index (κ1) is 17.6. The highest BCUT2D eigenvalue weighted by molar-refractivity contribution is 6.33. The van der Waals surface area contributed by atoms with E-state index in [-0.39, 0.29) is 11.8 Å². The maximum Gasteiger partial charge on any atom is 0.249 e. The van der Waals surface area contributed by atoms with E-state index >= 15 is 0 Å². The average Bonchev–Trinajstić information content (AvgIpc) is 3.07. The predicted octanol–water partition coefficient (Wildman–Crippen LogP) is 1.90. The summed E-state index contributed by atoms with van der Waals surface area (Å²) in [5.41, 5.74) is 1.73. The van der Waals surface area contributed by atoms with Crippen LogP contribution in [0.5, 0.6) is 0 Å². The van der Waals surface area contributed by atoms with E-state index in [4.69, 9.17) is 21.1 Å². The minimum Gasteiger partial charge on any atom is -0.374 e. The molecule has 2 N–H and O–H groups in total. The summed E-state index contributed by atoms with van der Waals surface area (Å²) in [4.78, 5) is 25.3. The Labute approximate surface area is 157 Å². The van der Waals surface area contributed by atoms with Crippen LogP contribution in [0.3, 0.4) is 0 Å². The van der Waals surface area contributed by atoms with E-state index < -0.39 is 11.8 Å². The molecule has 1 aromatic rings. The highest BCUT2D eigenvalue weighted by Gasteiger charge is 2.40. The van der Waals surface area contributed by atoms with Crippen molar-refractivity contribution in [2.24, 2.45) is 0 Å². The van der Waals surface area contributed by atoms with Crippen LogP contribution in [0.4, 0.5) is 11.4 Å². The van der Waals surface area contributed by atoms with Crippen LogP contribution in [0, 0.1) is 0 Å². The Morgan fingerprint density at radius 3 is 2.58 bits per heavy atom. The van der Waals surface area contributed by atoms with Gasteiger partial charge in [0.05, 0.1) is 23.9 Å². The Kier molecular flexibility index (Phi) is 4.77. The summed E-state index contributed by atoms with van der Waals surface area (Å²) in [6, 6.07) is 5.29. The van der Waals surface area contributed by atoms with Crippen LogP contribution < -0.4 is 15.5 Å². The van der Waals surface area contributed by atoms with Crippen molar-refractivity contribution in [1.29, 1.82) is 0 Å². The summed E-state index contributed by atoms with van der Waals surface area (Å²) >= 11 is 6.49. The number of rotatable bonds is 3. The molecule has 140 valence electrons. The van der Waals surface area contributed by atoms with Gasteiger partial charge in [0, 0.05) is 38.0 Å². The van der Waals surface area contributed by atoms with Gasteiger partial charge in [-0.2, -0.15) is 0 Å². The Bertz CT molecular complexity index is 710. The lowest BCUT2D eigenvalue weighted by molar-refractivity contribution is -0.169. The van der Waals surface area contributed by atoms with Gasteiger partial charge in [-0.3, -0.25) is 14.9 Å². The van der Waals surface area contributed by atoms with Crippen molar-refractivity contribution >= 4 is 34.8 Å². The second kappa shape index (κ2) is 7.06. The lowest BCUT2D eigenvalue weighted by Crippen LogP contribution is -2.47. The molecule has 3 saturated heterocycles. The Balaban J connectivity index is 1.40. The number of piperidine rings is 2. The van der Waals surface area contributed by atoms with Crippen LogP contribution in [-0.4, -0.2) is 49.9 Å². The first-order valence-electron chi connectivity index (χ1n) is 8.97. The first-order valence-corrected chi connectivity index (χ1v) is 9.35. The van der Waals surface area contributed by atoms with Gasteiger partial charge >= 0.3 is 0 Å².